The minimum Gasteiger partial charge on any atom is -0.192 e. The van der Waals surface area contributed by atoms with Crippen molar-refractivity contribution in [2.45, 2.75) is 26.2 Å². The van der Waals surface area contributed by atoms with Crippen molar-refractivity contribution in [2.75, 3.05) is 0 Å². The fraction of sp³-hybridized carbons (Fsp3) is 0.333. The predicted molar refractivity (Wildman–Crippen MR) is 54.6 cm³/mol. The Morgan fingerprint density at radius 3 is 2.50 bits per heavy atom. The first-order valence-corrected chi connectivity index (χ1v) is 4.67. The first-order chi connectivity index (χ1) is 6.72. The van der Waals surface area contributed by atoms with Crippen LogP contribution in [0, 0.1) is 22.7 Å². The lowest BCUT2D eigenvalue weighted by molar-refractivity contribution is 0.731. The number of benzene rings is 1. The maximum atomic E-state index is 8.89. The van der Waals surface area contributed by atoms with Crippen molar-refractivity contribution in [3.05, 3.63) is 34.9 Å². The summed E-state index contributed by atoms with van der Waals surface area (Å²) >= 11 is 0. The number of nitriles is 2. The predicted octanol–water partition coefficient (Wildman–Crippen LogP) is 2.94. The van der Waals surface area contributed by atoms with Gasteiger partial charge in [-0.25, -0.2) is 0 Å². The summed E-state index contributed by atoms with van der Waals surface area (Å²) in [5, 5.41) is 17.6. The van der Waals surface area contributed by atoms with E-state index in [2.05, 4.69) is 26.0 Å². The third-order valence-electron chi connectivity index (χ3n) is 2.44. The van der Waals surface area contributed by atoms with Crippen molar-refractivity contribution in [3.63, 3.8) is 0 Å². The molecule has 70 valence electrons. The molecule has 1 aromatic carbocycles. The Hall–Kier alpha value is -1.80. The van der Waals surface area contributed by atoms with Gasteiger partial charge in [-0.2, -0.15) is 10.5 Å². The van der Waals surface area contributed by atoms with E-state index in [1.165, 1.54) is 0 Å². The van der Waals surface area contributed by atoms with Crippen LogP contribution in [0.1, 0.15) is 42.9 Å². The van der Waals surface area contributed by atoms with Crippen LogP contribution < -0.4 is 0 Å². The summed E-state index contributed by atoms with van der Waals surface area (Å²) in [6.07, 6.45) is 0.976. The van der Waals surface area contributed by atoms with E-state index in [0.29, 0.717) is 17.0 Å². The Balaban J connectivity index is 3.25. The van der Waals surface area contributed by atoms with Crippen LogP contribution in [0.4, 0.5) is 0 Å². The molecule has 0 heterocycles. The summed E-state index contributed by atoms with van der Waals surface area (Å²) in [5.41, 5.74) is 2.28. The van der Waals surface area contributed by atoms with Gasteiger partial charge in [0.05, 0.1) is 23.3 Å². The number of hydrogen-bond donors (Lipinski definition) is 0. The van der Waals surface area contributed by atoms with Gasteiger partial charge >= 0.3 is 0 Å². The highest BCUT2D eigenvalue weighted by atomic mass is 14.3. The summed E-state index contributed by atoms with van der Waals surface area (Å²) < 4.78 is 0. The van der Waals surface area contributed by atoms with E-state index in [1.54, 1.807) is 12.1 Å². The molecule has 0 saturated carbocycles. The quantitative estimate of drug-likeness (QED) is 0.709. The van der Waals surface area contributed by atoms with Crippen LogP contribution in [0.3, 0.4) is 0 Å². The van der Waals surface area contributed by atoms with Gasteiger partial charge in [0.25, 0.3) is 0 Å². The average molecular weight is 184 g/mol. The molecule has 0 fully saturated rings. The van der Waals surface area contributed by atoms with E-state index in [4.69, 9.17) is 10.5 Å². The van der Waals surface area contributed by atoms with Crippen LogP contribution in [0.5, 0.6) is 0 Å². The monoisotopic (exact) mass is 184 g/mol. The molecule has 14 heavy (non-hydrogen) atoms. The highest BCUT2D eigenvalue weighted by molar-refractivity contribution is 5.45. The highest BCUT2D eigenvalue weighted by Gasteiger charge is 2.09. The first-order valence-electron chi connectivity index (χ1n) is 4.67. The van der Waals surface area contributed by atoms with Gasteiger partial charge in [-0.3, -0.25) is 0 Å². The van der Waals surface area contributed by atoms with Crippen molar-refractivity contribution in [2.24, 2.45) is 0 Å². The molecule has 0 spiro atoms. The van der Waals surface area contributed by atoms with E-state index in [0.717, 1.165) is 12.0 Å². The molecule has 0 aliphatic rings. The Morgan fingerprint density at radius 1 is 1.29 bits per heavy atom. The van der Waals surface area contributed by atoms with Gasteiger partial charge in [0.15, 0.2) is 0 Å². The lowest BCUT2D eigenvalue weighted by atomic mass is 9.93. The summed E-state index contributed by atoms with van der Waals surface area (Å²) in [7, 11) is 0. The SMILES string of the molecule is CCC(C)c1cc(C#N)ccc1C#N. The van der Waals surface area contributed by atoms with Crippen LogP contribution in [-0.2, 0) is 0 Å². The minimum atomic E-state index is 0.331. The lowest BCUT2D eigenvalue weighted by Gasteiger charge is -2.10. The van der Waals surface area contributed by atoms with E-state index < -0.39 is 0 Å². The molecule has 0 N–H and O–H groups in total. The van der Waals surface area contributed by atoms with Crippen LogP contribution in [0.15, 0.2) is 18.2 Å². The second kappa shape index (κ2) is 4.44. The Kier molecular flexibility index (Phi) is 3.26. The topological polar surface area (TPSA) is 47.6 Å². The molecular weight excluding hydrogens is 172 g/mol. The zero-order chi connectivity index (χ0) is 10.6. The minimum absolute atomic E-state index is 0.331. The average Bonchev–Trinajstić information content (AvgIpc) is 2.27. The second-order valence-electron chi connectivity index (χ2n) is 3.33. The van der Waals surface area contributed by atoms with E-state index in [-0.39, 0.29) is 0 Å². The smallest absolute Gasteiger partial charge is 0.0994 e. The zero-order valence-electron chi connectivity index (χ0n) is 8.41. The molecule has 2 nitrogen and oxygen atoms in total. The number of hydrogen-bond acceptors (Lipinski definition) is 2. The molecule has 1 unspecified atom stereocenters. The lowest BCUT2D eigenvalue weighted by Crippen LogP contribution is -1.96. The third-order valence-corrected chi connectivity index (χ3v) is 2.44. The van der Waals surface area contributed by atoms with Gasteiger partial charge in [-0.1, -0.05) is 13.8 Å². The largest absolute Gasteiger partial charge is 0.192 e. The zero-order valence-corrected chi connectivity index (χ0v) is 8.41. The molecule has 0 amide bonds. The van der Waals surface area contributed by atoms with Gasteiger partial charge in [-0.05, 0) is 36.1 Å². The van der Waals surface area contributed by atoms with Crippen LogP contribution in [-0.4, -0.2) is 0 Å². The van der Waals surface area contributed by atoms with Crippen molar-refractivity contribution in [1.29, 1.82) is 10.5 Å². The molecule has 0 aliphatic heterocycles. The third kappa shape index (κ3) is 1.92. The van der Waals surface area contributed by atoms with Gasteiger partial charge in [0, 0.05) is 0 Å². The van der Waals surface area contributed by atoms with Gasteiger partial charge in [0.2, 0.25) is 0 Å². The van der Waals surface area contributed by atoms with Crippen LogP contribution in [0.25, 0.3) is 0 Å². The fourth-order valence-electron chi connectivity index (χ4n) is 1.36. The standard InChI is InChI=1S/C12H12N2/c1-3-9(2)12-6-10(7-13)4-5-11(12)8-14/h4-6,9H,3H2,1-2H3. The maximum absolute atomic E-state index is 8.89. The number of nitrogens with zero attached hydrogens (tertiary/aromatic N) is 2. The molecule has 2 heteroatoms. The summed E-state index contributed by atoms with van der Waals surface area (Å²) in [6.45, 7) is 4.14. The Morgan fingerprint density at radius 2 is 2.00 bits per heavy atom. The molecule has 0 saturated heterocycles. The van der Waals surface area contributed by atoms with Crippen molar-refractivity contribution >= 4 is 0 Å². The van der Waals surface area contributed by atoms with Crippen molar-refractivity contribution < 1.29 is 0 Å². The molecular formula is C12H12N2. The molecule has 1 rings (SSSR count). The van der Waals surface area contributed by atoms with Crippen LogP contribution in [0.2, 0.25) is 0 Å². The molecule has 0 radical (unpaired) electrons. The van der Waals surface area contributed by atoms with E-state index >= 15 is 0 Å². The molecule has 1 aromatic rings. The van der Waals surface area contributed by atoms with Gasteiger partial charge in [0.1, 0.15) is 0 Å². The van der Waals surface area contributed by atoms with Crippen molar-refractivity contribution in [1.82, 2.24) is 0 Å². The van der Waals surface area contributed by atoms with Crippen LogP contribution >= 0.6 is 0 Å². The van der Waals surface area contributed by atoms with Gasteiger partial charge in [-0.15, -0.1) is 0 Å². The van der Waals surface area contributed by atoms with E-state index in [9.17, 15) is 0 Å². The molecule has 0 aliphatic carbocycles. The first kappa shape index (κ1) is 10.3. The molecule has 0 aromatic heterocycles. The normalized spacial score (nSPS) is 11.4. The Bertz CT molecular complexity index is 407. The number of rotatable bonds is 2. The summed E-state index contributed by atoms with van der Waals surface area (Å²) in [6, 6.07) is 9.46. The maximum Gasteiger partial charge on any atom is 0.0994 e. The van der Waals surface area contributed by atoms with E-state index in [1.807, 2.05) is 6.07 Å². The molecule has 1 atom stereocenters. The second-order valence-corrected chi connectivity index (χ2v) is 3.33. The summed E-state index contributed by atoms with van der Waals surface area (Å²) in [5.74, 6) is 0.331. The van der Waals surface area contributed by atoms with Gasteiger partial charge < -0.3 is 0 Å². The highest BCUT2D eigenvalue weighted by Crippen LogP contribution is 2.23. The fourth-order valence-corrected chi connectivity index (χ4v) is 1.36. The van der Waals surface area contributed by atoms with Crippen molar-refractivity contribution in [3.8, 4) is 12.1 Å². The molecule has 0 bridgehead atoms. The Labute approximate surface area is 84.4 Å². The summed E-state index contributed by atoms with van der Waals surface area (Å²) in [4.78, 5) is 0.